The average Bonchev–Trinajstić information content (AvgIpc) is 3.92. The van der Waals surface area contributed by atoms with Crippen molar-refractivity contribution in [3.8, 4) is 11.4 Å². The number of nitrogens with zero attached hydrogens (tertiary/aromatic N) is 10. The van der Waals surface area contributed by atoms with Crippen LogP contribution < -0.4 is 21.1 Å². The molecule has 0 atom stereocenters. The molecule has 18 nitrogen and oxygen atoms in total. The minimum atomic E-state index is -1.50. The Hall–Kier alpha value is -7.76. The van der Waals surface area contributed by atoms with Crippen LogP contribution in [0.3, 0.4) is 0 Å². The zero-order chi connectivity index (χ0) is 41.9. The van der Waals surface area contributed by atoms with E-state index in [2.05, 4.69) is 20.0 Å². The molecular weight excluding hydrogens is 812 g/mol. The number of para-hydroxylation sites is 4. The Kier molecular flexibility index (Phi) is 14.8. The SMILES string of the molecule is Cc1c(N=Cc2c[n-]c3ccccc23)c(=O)n(-c2ccccc2)n1C.Cc1c(N=Cc2c[n-]c3ccccc23)c(=O)n(-c2ccccc2)n1C.O=[N+]([O-])O.O=[N+]([O-])O.[Cu+2]. The number of hydrogen-bond acceptors (Lipinski definition) is 8. The van der Waals surface area contributed by atoms with Crippen molar-refractivity contribution in [3.05, 3.63) is 185 Å². The number of aromatic nitrogens is 6. The van der Waals surface area contributed by atoms with E-state index in [0.717, 1.165) is 55.7 Å². The second kappa shape index (κ2) is 19.9. The van der Waals surface area contributed by atoms with E-state index in [1.807, 2.05) is 147 Å². The first-order valence-electron chi connectivity index (χ1n) is 17.2. The van der Waals surface area contributed by atoms with Crippen LogP contribution in [-0.2, 0) is 31.2 Å². The molecule has 4 aromatic heterocycles. The summed E-state index contributed by atoms with van der Waals surface area (Å²) in [4.78, 5) is 60.1. The molecule has 0 bridgehead atoms. The maximum atomic E-state index is 12.8. The van der Waals surface area contributed by atoms with Gasteiger partial charge in [0, 0.05) is 26.5 Å². The Morgan fingerprint density at radius 2 is 0.881 bits per heavy atom. The largest absolute Gasteiger partial charge is 2.00 e. The fourth-order valence-corrected chi connectivity index (χ4v) is 5.96. The quantitative estimate of drug-likeness (QED) is 0.0858. The van der Waals surface area contributed by atoms with Crippen molar-refractivity contribution >= 4 is 45.6 Å². The van der Waals surface area contributed by atoms with Gasteiger partial charge in [0.05, 0.1) is 22.8 Å². The molecule has 4 aromatic carbocycles. The van der Waals surface area contributed by atoms with Crippen LogP contribution in [0, 0.1) is 34.1 Å². The molecule has 8 aromatic rings. The molecule has 8 rings (SSSR count). The number of fused-ring (bicyclic) bond motifs is 2. The predicted octanol–water partition coefficient (Wildman–Crippen LogP) is 5.99. The standard InChI is InChI=1S/2C20H17N4O.Cu.2HNO3/c2*1-14-19(20(25)24(23(14)2)16-8-4-3-5-9-16)22-13-15-12-21-18-11-7-6-10-17(15)18;;2*2-1(3)4/h2*3-13H,1-2H3;;2*(H,2,3,4)/q2*-1;+2;;. The monoisotopic (exact) mass is 847 g/mol. The third-order valence-electron chi connectivity index (χ3n) is 8.83. The van der Waals surface area contributed by atoms with Gasteiger partial charge in [0.15, 0.2) is 11.4 Å². The number of hydrogen-bond donors (Lipinski definition) is 2. The van der Waals surface area contributed by atoms with Crippen LogP contribution in [0.2, 0.25) is 0 Å². The maximum Gasteiger partial charge on any atom is 2.00 e. The van der Waals surface area contributed by atoms with E-state index in [4.69, 9.17) is 30.6 Å². The van der Waals surface area contributed by atoms with Crippen LogP contribution in [-0.4, -0.2) is 51.7 Å². The molecule has 0 spiro atoms. The summed E-state index contributed by atoms with van der Waals surface area (Å²) in [6, 6.07) is 34.9. The molecule has 305 valence electrons. The van der Waals surface area contributed by atoms with E-state index in [-0.39, 0.29) is 28.2 Å². The minimum Gasteiger partial charge on any atom is -0.663 e. The summed E-state index contributed by atoms with van der Waals surface area (Å²) in [5.74, 6) is 0. The smallest absolute Gasteiger partial charge is 0.663 e. The second-order valence-corrected chi connectivity index (χ2v) is 12.3. The Morgan fingerprint density at radius 1 is 0.576 bits per heavy atom. The van der Waals surface area contributed by atoms with E-state index < -0.39 is 10.2 Å². The van der Waals surface area contributed by atoms with E-state index in [0.29, 0.717) is 11.4 Å². The van der Waals surface area contributed by atoms with Crippen molar-refractivity contribution in [2.24, 2.45) is 24.1 Å². The van der Waals surface area contributed by atoms with Crippen molar-refractivity contribution in [1.29, 1.82) is 0 Å². The summed E-state index contributed by atoms with van der Waals surface area (Å²) in [6.07, 6.45) is 6.99. The minimum absolute atomic E-state index is 0. The topological polar surface area (TPSA) is 234 Å². The first-order chi connectivity index (χ1) is 27.8. The fraction of sp³-hybridized carbons (Fsp3) is 0.100. The Bertz CT molecular complexity index is 2670. The van der Waals surface area contributed by atoms with E-state index >= 15 is 0 Å². The third kappa shape index (κ3) is 10.4. The van der Waals surface area contributed by atoms with Crippen LogP contribution in [0.25, 0.3) is 33.2 Å². The third-order valence-corrected chi connectivity index (χ3v) is 8.83. The summed E-state index contributed by atoms with van der Waals surface area (Å²) in [5.41, 5.74) is 7.55. The summed E-state index contributed by atoms with van der Waals surface area (Å²) >= 11 is 0. The summed E-state index contributed by atoms with van der Waals surface area (Å²) in [5, 5.41) is 29.3. The van der Waals surface area contributed by atoms with E-state index in [1.165, 1.54) is 0 Å². The van der Waals surface area contributed by atoms with Crippen LogP contribution in [0.15, 0.2) is 141 Å². The molecule has 0 aliphatic rings. The predicted molar refractivity (Wildman–Crippen MR) is 218 cm³/mol. The van der Waals surface area contributed by atoms with Gasteiger partial charge < -0.3 is 20.4 Å². The van der Waals surface area contributed by atoms with Gasteiger partial charge in [-0.2, -0.15) is 12.4 Å². The molecule has 2 N–H and O–H groups in total. The molecule has 0 unspecified atom stereocenters. The van der Waals surface area contributed by atoms with Gasteiger partial charge in [-0.15, -0.1) is 31.3 Å². The molecule has 4 heterocycles. The Labute approximate surface area is 345 Å². The van der Waals surface area contributed by atoms with Crippen LogP contribution in [0.4, 0.5) is 11.4 Å². The van der Waals surface area contributed by atoms with E-state index in [9.17, 15) is 9.59 Å². The molecule has 0 fully saturated rings. The normalized spacial score (nSPS) is 10.6. The maximum absolute atomic E-state index is 12.8. The van der Waals surface area contributed by atoms with Gasteiger partial charge in [-0.05, 0) is 60.0 Å². The van der Waals surface area contributed by atoms with Crippen LogP contribution >= 0.6 is 0 Å². The number of aliphatic imine (C=N–C) groups is 2. The van der Waals surface area contributed by atoms with Gasteiger partial charge in [0.25, 0.3) is 21.3 Å². The zero-order valence-electron chi connectivity index (χ0n) is 31.8. The molecular formula is C40H36CuN10O8. The van der Waals surface area contributed by atoms with Crippen LogP contribution in [0.5, 0.6) is 0 Å². The molecule has 0 aliphatic carbocycles. The second-order valence-electron chi connectivity index (χ2n) is 12.3. The summed E-state index contributed by atoms with van der Waals surface area (Å²) in [6.45, 7) is 3.80. The first kappa shape index (κ1) is 44.0. The first-order valence-corrected chi connectivity index (χ1v) is 17.2. The molecule has 1 radical (unpaired) electrons. The van der Waals surface area contributed by atoms with Gasteiger partial charge in [-0.1, -0.05) is 84.9 Å². The van der Waals surface area contributed by atoms with Gasteiger partial charge >= 0.3 is 17.1 Å². The fourth-order valence-electron chi connectivity index (χ4n) is 5.96. The van der Waals surface area contributed by atoms with Crippen molar-refractivity contribution in [3.63, 3.8) is 0 Å². The molecule has 0 aliphatic heterocycles. The van der Waals surface area contributed by atoms with E-state index in [1.54, 1.807) is 34.2 Å². The van der Waals surface area contributed by atoms with Gasteiger partial charge in [-0.25, -0.2) is 19.3 Å². The number of rotatable bonds is 6. The van der Waals surface area contributed by atoms with Gasteiger partial charge in [0.1, 0.15) is 0 Å². The molecule has 0 saturated carbocycles. The summed E-state index contributed by atoms with van der Waals surface area (Å²) < 4.78 is 6.91. The zero-order valence-corrected chi connectivity index (χ0v) is 32.8. The number of benzene rings is 4. The van der Waals surface area contributed by atoms with Crippen molar-refractivity contribution in [1.82, 2.24) is 28.7 Å². The summed E-state index contributed by atoms with van der Waals surface area (Å²) in [7, 11) is 3.73. The average molecular weight is 848 g/mol. The van der Waals surface area contributed by atoms with Crippen molar-refractivity contribution < 1.29 is 37.7 Å². The van der Waals surface area contributed by atoms with Crippen molar-refractivity contribution in [2.45, 2.75) is 13.8 Å². The van der Waals surface area contributed by atoms with Gasteiger partial charge in [0.2, 0.25) is 0 Å². The van der Waals surface area contributed by atoms with Crippen LogP contribution in [0.1, 0.15) is 22.5 Å². The van der Waals surface area contributed by atoms with Crippen molar-refractivity contribution in [2.75, 3.05) is 0 Å². The molecule has 0 amide bonds. The molecule has 0 saturated heterocycles. The Balaban J connectivity index is 0.000000218. The Morgan fingerprint density at radius 3 is 1.22 bits per heavy atom. The van der Waals surface area contributed by atoms with Gasteiger partial charge in [-0.3, -0.25) is 19.0 Å². The molecule has 19 heteroatoms. The molecule has 59 heavy (non-hydrogen) atoms.